The van der Waals surface area contributed by atoms with E-state index in [-0.39, 0.29) is 11.9 Å². The quantitative estimate of drug-likeness (QED) is 0.633. The van der Waals surface area contributed by atoms with Crippen LogP contribution < -0.4 is 15.0 Å². The van der Waals surface area contributed by atoms with Crippen LogP contribution in [0.25, 0.3) is 0 Å². The highest BCUT2D eigenvalue weighted by Crippen LogP contribution is 2.18. The summed E-state index contributed by atoms with van der Waals surface area (Å²) >= 11 is 0. The van der Waals surface area contributed by atoms with Gasteiger partial charge in [0.1, 0.15) is 23.6 Å². The lowest BCUT2D eigenvalue weighted by Gasteiger charge is -2.28. The summed E-state index contributed by atoms with van der Waals surface area (Å²) in [5, 5.41) is 2.91. The van der Waals surface area contributed by atoms with Crippen molar-refractivity contribution in [1.82, 2.24) is 15.3 Å². The molecule has 3 rings (SSSR count). The third kappa shape index (κ3) is 5.54. The number of anilines is 1. The van der Waals surface area contributed by atoms with Crippen LogP contribution >= 0.6 is 0 Å². The number of aromatic nitrogens is 2. The fourth-order valence-electron chi connectivity index (χ4n) is 2.95. The summed E-state index contributed by atoms with van der Waals surface area (Å²) in [4.78, 5) is 23.3. The lowest BCUT2D eigenvalue weighted by Crippen LogP contribution is -2.31. The Bertz CT molecular complexity index is 927. The van der Waals surface area contributed by atoms with Crippen molar-refractivity contribution in [2.45, 2.75) is 33.0 Å². The molecule has 0 radical (unpaired) electrons. The van der Waals surface area contributed by atoms with Crippen LogP contribution in [0.15, 0.2) is 67.0 Å². The molecule has 3 aromatic rings. The van der Waals surface area contributed by atoms with E-state index in [9.17, 15) is 4.79 Å². The number of rotatable bonds is 8. The van der Waals surface area contributed by atoms with E-state index >= 15 is 0 Å². The molecule has 0 spiro atoms. The van der Waals surface area contributed by atoms with E-state index < -0.39 is 0 Å². The number of amides is 1. The van der Waals surface area contributed by atoms with Crippen LogP contribution in [0.2, 0.25) is 0 Å². The van der Waals surface area contributed by atoms with Gasteiger partial charge < -0.3 is 15.0 Å². The molecule has 0 fully saturated rings. The second kappa shape index (κ2) is 9.68. The zero-order valence-corrected chi connectivity index (χ0v) is 17.0. The normalized spacial score (nSPS) is 10.6. The average molecular weight is 390 g/mol. The maximum atomic E-state index is 12.6. The highest BCUT2D eigenvalue weighted by atomic mass is 16.5. The predicted molar refractivity (Wildman–Crippen MR) is 114 cm³/mol. The number of nitrogens with one attached hydrogen (secondary N) is 1. The van der Waals surface area contributed by atoms with Gasteiger partial charge in [-0.2, -0.15) is 0 Å². The van der Waals surface area contributed by atoms with E-state index in [1.807, 2.05) is 42.5 Å². The number of hydrogen-bond donors (Lipinski definition) is 1. The van der Waals surface area contributed by atoms with Crippen LogP contribution in [-0.2, 0) is 13.1 Å². The molecule has 0 bridgehead atoms. The molecule has 29 heavy (non-hydrogen) atoms. The minimum Gasteiger partial charge on any atom is -0.497 e. The Kier molecular flexibility index (Phi) is 6.79. The molecule has 0 saturated heterocycles. The van der Waals surface area contributed by atoms with Crippen molar-refractivity contribution in [3.63, 3.8) is 0 Å². The second-order valence-electron chi connectivity index (χ2n) is 7.00. The number of ether oxygens (including phenoxy) is 1. The maximum absolute atomic E-state index is 12.6. The largest absolute Gasteiger partial charge is 0.497 e. The molecule has 0 unspecified atom stereocenters. The van der Waals surface area contributed by atoms with E-state index in [2.05, 4.69) is 46.2 Å². The molecule has 0 atom stereocenters. The number of carbonyl (C=O) groups excluding carboxylic acids is 1. The lowest BCUT2D eigenvalue weighted by atomic mass is 10.2. The topological polar surface area (TPSA) is 67.3 Å². The Morgan fingerprint density at radius 2 is 1.76 bits per heavy atom. The standard InChI is InChI=1S/C23H26N4O2/c1-17(2)27(15-19-7-5-4-6-8-19)22-13-21(25-16-26-22)23(28)24-14-18-9-11-20(29-3)12-10-18/h4-13,16-17H,14-15H2,1-3H3,(H,24,28). The van der Waals surface area contributed by atoms with Crippen molar-refractivity contribution < 1.29 is 9.53 Å². The first kappa shape index (κ1) is 20.3. The number of hydrogen-bond acceptors (Lipinski definition) is 5. The Morgan fingerprint density at radius 1 is 1.03 bits per heavy atom. The average Bonchev–Trinajstić information content (AvgIpc) is 2.76. The number of carbonyl (C=O) groups is 1. The molecule has 6 nitrogen and oxygen atoms in total. The van der Waals surface area contributed by atoms with E-state index in [0.717, 1.165) is 17.1 Å². The Balaban J connectivity index is 1.70. The Hall–Kier alpha value is -3.41. The van der Waals surface area contributed by atoms with Crippen LogP contribution in [0.3, 0.4) is 0 Å². The molecular formula is C23H26N4O2. The van der Waals surface area contributed by atoms with Gasteiger partial charge >= 0.3 is 0 Å². The van der Waals surface area contributed by atoms with Gasteiger partial charge in [-0.05, 0) is 37.1 Å². The minimum absolute atomic E-state index is 0.223. The highest BCUT2D eigenvalue weighted by molar-refractivity contribution is 5.92. The van der Waals surface area contributed by atoms with Gasteiger partial charge in [0.05, 0.1) is 7.11 Å². The number of benzene rings is 2. The van der Waals surface area contributed by atoms with Crippen molar-refractivity contribution in [1.29, 1.82) is 0 Å². The number of methoxy groups -OCH3 is 1. The van der Waals surface area contributed by atoms with Crippen molar-refractivity contribution in [3.8, 4) is 5.75 Å². The van der Waals surface area contributed by atoms with Gasteiger partial charge in [-0.15, -0.1) is 0 Å². The molecule has 1 aromatic heterocycles. The monoisotopic (exact) mass is 390 g/mol. The van der Waals surface area contributed by atoms with Crippen molar-refractivity contribution in [3.05, 3.63) is 83.8 Å². The zero-order chi connectivity index (χ0) is 20.6. The summed E-state index contributed by atoms with van der Waals surface area (Å²) in [5.74, 6) is 1.29. The molecule has 0 aliphatic carbocycles. The molecule has 0 saturated carbocycles. The third-order valence-electron chi connectivity index (χ3n) is 4.61. The minimum atomic E-state index is -0.229. The summed E-state index contributed by atoms with van der Waals surface area (Å²) in [7, 11) is 1.63. The van der Waals surface area contributed by atoms with Gasteiger partial charge in [-0.1, -0.05) is 42.5 Å². The van der Waals surface area contributed by atoms with Crippen LogP contribution in [0.1, 0.15) is 35.5 Å². The zero-order valence-electron chi connectivity index (χ0n) is 17.0. The lowest BCUT2D eigenvalue weighted by molar-refractivity contribution is 0.0945. The van der Waals surface area contributed by atoms with Gasteiger partial charge in [-0.3, -0.25) is 4.79 Å². The Morgan fingerprint density at radius 3 is 2.41 bits per heavy atom. The van der Waals surface area contributed by atoms with Crippen LogP contribution in [0.5, 0.6) is 5.75 Å². The van der Waals surface area contributed by atoms with E-state index in [0.29, 0.717) is 18.8 Å². The number of nitrogens with zero attached hydrogens (tertiary/aromatic N) is 3. The molecule has 0 aliphatic heterocycles. The molecule has 6 heteroatoms. The van der Waals surface area contributed by atoms with Crippen LogP contribution in [-0.4, -0.2) is 29.0 Å². The van der Waals surface area contributed by atoms with E-state index in [1.54, 1.807) is 13.2 Å². The molecule has 150 valence electrons. The maximum Gasteiger partial charge on any atom is 0.270 e. The SMILES string of the molecule is COc1ccc(CNC(=O)c2cc(N(Cc3ccccc3)C(C)C)ncn2)cc1. The molecule has 1 N–H and O–H groups in total. The van der Waals surface area contributed by atoms with Crippen LogP contribution in [0, 0.1) is 0 Å². The first-order chi connectivity index (χ1) is 14.1. The van der Waals surface area contributed by atoms with E-state index in [4.69, 9.17) is 4.74 Å². The molecule has 1 heterocycles. The second-order valence-corrected chi connectivity index (χ2v) is 7.00. The molecule has 1 amide bonds. The highest BCUT2D eigenvalue weighted by Gasteiger charge is 2.16. The smallest absolute Gasteiger partial charge is 0.270 e. The summed E-state index contributed by atoms with van der Waals surface area (Å²) in [6.07, 6.45) is 1.44. The summed E-state index contributed by atoms with van der Waals surface area (Å²) < 4.78 is 5.15. The summed E-state index contributed by atoms with van der Waals surface area (Å²) in [5.41, 5.74) is 2.52. The van der Waals surface area contributed by atoms with Crippen molar-refractivity contribution in [2.24, 2.45) is 0 Å². The van der Waals surface area contributed by atoms with Crippen LogP contribution in [0.4, 0.5) is 5.82 Å². The summed E-state index contributed by atoms with van der Waals surface area (Å²) in [6.45, 7) is 5.34. The van der Waals surface area contributed by atoms with Gasteiger partial charge in [0, 0.05) is 25.2 Å². The summed E-state index contributed by atoms with van der Waals surface area (Å²) in [6, 6.07) is 19.8. The van der Waals surface area contributed by atoms with Crippen molar-refractivity contribution in [2.75, 3.05) is 12.0 Å². The predicted octanol–water partition coefficient (Wildman–Crippen LogP) is 3.83. The molecular weight excluding hydrogens is 364 g/mol. The first-order valence-corrected chi connectivity index (χ1v) is 9.60. The fourth-order valence-corrected chi connectivity index (χ4v) is 2.95. The molecule has 2 aromatic carbocycles. The van der Waals surface area contributed by atoms with Gasteiger partial charge in [0.15, 0.2) is 0 Å². The first-order valence-electron chi connectivity index (χ1n) is 9.60. The Labute approximate surface area is 171 Å². The van der Waals surface area contributed by atoms with Crippen molar-refractivity contribution >= 4 is 11.7 Å². The third-order valence-corrected chi connectivity index (χ3v) is 4.61. The fraction of sp³-hybridized carbons (Fsp3) is 0.261. The van der Waals surface area contributed by atoms with E-state index in [1.165, 1.54) is 11.9 Å². The van der Waals surface area contributed by atoms with Gasteiger partial charge in [0.25, 0.3) is 5.91 Å². The van der Waals surface area contributed by atoms with Gasteiger partial charge in [-0.25, -0.2) is 9.97 Å². The molecule has 0 aliphatic rings. The van der Waals surface area contributed by atoms with Gasteiger partial charge in [0.2, 0.25) is 0 Å².